The Morgan fingerprint density at radius 1 is 1.11 bits per heavy atom. The van der Waals surface area contributed by atoms with Gasteiger partial charge in [0.15, 0.2) is 0 Å². The molecule has 2 heterocycles. The lowest BCUT2D eigenvalue weighted by molar-refractivity contribution is 0.248. The van der Waals surface area contributed by atoms with Gasteiger partial charge in [-0.2, -0.15) is 5.10 Å². The zero-order valence-electron chi connectivity index (χ0n) is 16.4. The Kier molecular flexibility index (Phi) is 4.99. The van der Waals surface area contributed by atoms with Crippen molar-refractivity contribution < 1.29 is 4.74 Å². The molecule has 1 fully saturated rings. The van der Waals surface area contributed by atoms with E-state index in [0.717, 1.165) is 24.5 Å². The number of methoxy groups -OCH3 is 1. The van der Waals surface area contributed by atoms with E-state index in [9.17, 15) is 0 Å². The van der Waals surface area contributed by atoms with E-state index in [1.54, 1.807) is 7.11 Å². The van der Waals surface area contributed by atoms with Gasteiger partial charge in [0, 0.05) is 36.5 Å². The number of likely N-dealkylation sites (tertiary alicyclic amines) is 1. The quantitative estimate of drug-likeness (QED) is 0.657. The van der Waals surface area contributed by atoms with E-state index in [2.05, 4.69) is 60.4 Å². The molecule has 0 amide bonds. The SMILES string of the molecule is COc1cccc(C2CCCN2Cc2c(-c3ccccc3)nn(C)c2C)c1. The molecule has 0 saturated carbocycles. The normalized spacial score (nSPS) is 17.4. The van der Waals surface area contributed by atoms with Crippen molar-refractivity contribution in [2.24, 2.45) is 7.05 Å². The van der Waals surface area contributed by atoms with Gasteiger partial charge >= 0.3 is 0 Å². The van der Waals surface area contributed by atoms with E-state index < -0.39 is 0 Å². The van der Waals surface area contributed by atoms with Crippen molar-refractivity contribution in [1.82, 2.24) is 14.7 Å². The van der Waals surface area contributed by atoms with Gasteiger partial charge in [0.1, 0.15) is 5.75 Å². The van der Waals surface area contributed by atoms with Crippen molar-refractivity contribution in [2.45, 2.75) is 32.4 Å². The van der Waals surface area contributed by atoms with E-state index in [4.69, 9.17) is 9.84 Å². The number of hydrogen-bond donors (Lipinski definition) is 0. The summed E-state index contributed by atoms with van der Waals surface area (Å²) in [7, 11) is 3.77. The second-order valence-corrected chi connectivity index (χ2v) is 7.31. The van der Waals surface area contributed by atoms with Crippen molar-refractivity contribution in [1.29, 1.82) is 0 Å². The summed E-state index contributed by atoms with van der Waals surface area (Å²) < 4.78 is 7.44. The number of rotatable bonds is 5. The fourth-order valence-corrected chi connectivity index (χ4v) is 4.11. The number of aromatic nitrogens is 2. The van der Waals surface area contributed by atoms with Gasteiger partial charge in [-0.05, 0) is 44.0 Å². The maximum atomic E-state index is 5.44. The van der Waals surface area contributed by atoms with Gasteiger partial charge in [-0.1, -0.05) is 42.5 Å². The third kappa shape index (κ3) is 3.50. The number of benzene rings is 2. The molecule has 0 radical (unpaired) electrons. The van der Waals surface area contributed by atoms with Gasteiger partial charge in [-0.25, -0.2) is 0 Å². The van der Waals surface area contributed by atoms with Crippen molar-refractivity contribution in [2.75, 3.05) is 13.7 Å². The fourth-order valence-electron chi connectivity index (χ4n) is 4.11. The van der Waals surface area contributed by atoms with Crippen molar-refractivity contribution in [3.8, 4) is 17.0 Å². The summed E-state index contributed by atoms with van der Waals surface area (Å²) >= 11 is 0. The molecule has 140 valence electrons. The highest BCUT2D eigenvalue weighted by Crippen LogP contribution is 2.36. The Bertz CT molecular complexity index is 917. The first-order valence-electron chi connectivity index (χ1n) is 9.63. The van der Waals surface area contributed by atoms with Crippen molar-refractivity contribution in [3.63, 3.8) is 0 Å². The minimum atomic E-state index is 0.434. The van der Waals surface area contributed by atoms with Gasteiger partial charge in [-0.3, -0.25) is 9.58 Å². The lowest BCUT2D eigenvalue weighted by Crippen LogP contribution is -2.23. The Morgan fingerprint density at radius 2 is 1.93 bits per heavy atom. The molecule has 1 aliphatic heterocycles. The number of aryl methyl sites for hydroxylation is 1. The molecule has 0 N–H and O–H groups in total. The molecule has 1 saturated heterocycles. The first-order valence-corrected chi connectivity index (χ1v) is 9.63. The predicted octanol–water partition coefficient (Wildman–Crippen LogP) is 4.74. The first kappa shape index (κ1) is 17.8. The minimum absolute atomic E-state index is 0.434. The largest absolute Gasteiger partial charge is 0.497 e. The van der Waals surface area contributed by atoms with Gasteiger partial charge in [0.25, 0.3) is 0 Å². The number of ether oxygens (including phenoxy) is 1. The van der Waals surface area contributed by atoms with Gasteiger partial charge in [-0.15, -0.1) is 0 Å². The molecule has 27 heavy (non-hydrogen) atoms. The third-order valence-corrected chi connectivity index (χ3v) is 5.71. The van der Waals surface area contributed by atoms with Crippen molar-refractivity contribution in [3.05, 3.63) is 71.4 Å². The molecule has 1 atom stereocenters. The molecular formula is C23H27N3O. The number of nitrogens with zero attached hydrogens (tertiary/aromatic N) is 3. The molecule has 3 aromatic rings. The third-order valence-electron chi connectivity index (χ3n) is 5.71. The maximum absolute atomic E-state index is 5.44. The molecule has 4 heteroatoms. The highest BCUT2D eigenvalue weighted by atomic mass is 16.5. The second kappa shape index (κ2) is 7.57. The van der Waals surface area contributed by atoms with Crippen LogP contribution in [0.25, 0.3) is 11.3 Å². The summed E-state index contributed by atoms with van der Waals surface area (Å²) in [5.41, 5.74) is 6.21. The standard InChI is InChI=1S/C23H27N3O/c1-17-21(23(24-25(17)2)18-9-5-4-6-10-18)16-26-14-8-13-22(26)19-11-7-12-20(15-19)27-3/h4-7,9-12,15,22H,8,13-14,16H2,1-3H3. The van der Waals surface area contributed by atoms with Crippen molar-refractivity contribution >= 4 is 0 Å². The van der Waals surface area contributed by atoms with Crippen LogP contribution in [0, 0.1) is 6.92 Å². The molecule has 0 aliphatic carbocycles. The molecule has 1 aromatic heterocycles. The molecule has 0 spiro atoms. The van der Waals surface area contributed by atoms with Crippen LogP contribution in [0.2, 0.25) is 0 Å². The first-order chi connectivity index (χ1) is 13.2. The fraction of sp³-hybridized carbons (Fsp3) is 0.348. The lowest BCUT2D eigenvalue weighted by atomic mass is 10.0. The molecule has 4 nitrogen and oxygen atoms in total. The summed E-state index contributed by atoms with van der Waals surface area (Å²) in [5.74, 6) is 0.932. The molecule has 1 aliphatic rings. The van der Waals surface area contributed by atoms with Crippen LogP contribution in [0.4, 0.5) is 0 Å². The van der Waals surface area contributed by atoms with E-state index >= 15 is 0 Å². The van der Waals surface area contributed by atoms with Crippen LogP contribution < -0.4 is 4.74 Å². The second-order valence-electron chi connectivity index (χ2n) is 7.31. The molecule has 0 bridgehead atoms. The topological polar surface area (TPSA) is 30.3 Å². The summed E-state index contributed by atoms with van der Waals surface area (Å²) in [5, 5.41) is 4.82. The Labute approximate surface area is 161 Å². The Hall–Kier alpha value is -2.59. The Morgan fingerprint density at radius 3 is 2.70 bits per heavy atom. The average Bonchev–Trinajstić information content (AvgIpc) is 3.29. The average molecular weight is 361 g/mol. The van der Waals surface area contributed by atoms with E-state index in [-0.39, 0.29) is 0 Å². The van der Waals surface area contributed by atoms with Gasteiger partial charge in [0.05, 0.1) is 12.8 Å². The minimum Gasteiger partial charge on any atom is -0.497 e. The summed E-state index contributed by atoms with van der Waals surface area (Å²) in [6, 6.07) is 19.5. The van der Waals surface area contributed by atoms with Crippen LogP contribution in [0.15, 0.2) is 54.6 Å². The van der Waals surface area contributed by atoms with Crippen LogP contribution in [-0.4, -0.2) is 28.3 Å². The van der Waals surface area contributed by atoms with E-state index in [0.29, 0.717) is 6.04 Å². The highest BCUT2D eigenvalue weighted by Gasteiger charge is 2.28. The van der Waals surface area contributed by atoms with Crippen LogP contribution >= 0.6 is 0 Å². The zero-order chi connectivity index (χ0) is 18.8. The molecule has 2 aromatic carbocycles. The van der Waals surface area contributed by atoms with E-state index in [1.807, 2.05) is 17.8 Å². The molecule has 1 unspecified atom stereocenters. The predicted molar refractivity (Wildman–Crippen MR) is 109 cm³/mol. The smallest absolute Gasteiger partial charge is 0.119 e. The molecular weight excluding hydrogens is 334 g/mol. The van der Waals surface area contributed by atoms with E-state index in [1.165, 1.54) is 35.2 Å². The zero-order valence-corrected chi connectivity index (χ0v) is 16.4. The molecule has 4 rings (SSSR count). The van der Waals surface area contributed by atoms with Crippen LogP contribution in [0.3, 0.4) is 0 Å². The number of hydrogen-bond acceptors (Lipinski definition) is 3. The summed E-state index contributed by atoms with van der Waals surface area (Å²) in [4.78, 5) is 2.59. The highest BCUT2D eigenvalue weighted by molar-refractivity contribution is 5.64. The summed E-state index contributed by atoms with van der Waals surface area (Å²) in [6.45, 7) is 4.21. The van der Waals surface area contributed by atoms with Crippen LogP contribution in [0.1, 0.15) is 35.7 Å². The Balaban J connectivity index is 1.65. The lowest BCUT2D eigenvalue weighted by Gasteiger charge is -2.25. The summed E-state index contributed by atoms with van der Waals surface area (Å²) in [6.07, 6.45) is 2.41. The van der Waals surface area contributed by atoms with Gasteiger partial charge < -0.3 is 4.74 Å². The van der Waals surface area contributed by atoms with Crippen LogP contribution in [0.5, 0.6) is 5.75 Å². The monoisotopic (exact) mass is 361 g/mol. The van der Waals surface area contributed by atoms with Crippen LogP contribution in [-0.2, 0) is 13.6 Å². The van der Waals surface area contributed by atoms with Gasteiger partial charge in [0.2, 0.25) is 0 Å². The maximum Gasteiger partial charge on any atom is 0.119 e.